The van der Waals surface area contributed by atoms with Gasteiger partial charge in [-0.25, -0.2) is 9.98 Å². The largest absolute Gasteiger partial charge is 0.481 e. The first-order valence-corrected chi connectivity index (χ1v) is 8.12. The predicted octanol–water partition coefficient (Wildman–Crippen LogP) is 4.43. The maximum atomic E-state index is 5.98. The van der Waals surface area contributed by atoms with Crippen LogP contribution in [0.1, 0.15) is 5.56 Å². The molecule has 3 rings (SSSR count). The molecule has 7 heteroatoms. The average molecular weight is 476 g/mol. The summed E-state index contributed by atoms with van der Waals surface area (Å²) in [5.74, 6) is 2.36. The van der Waals surface area contributed by atoms with Gasteiger partial charge in [0.25, 0.3) is 0 Å². The van der Waals surface area contributed by atoms with Crippen LogP contribution in [0.25, 0.3) is 0 Å². The van der Waals surface area contributed by atoms with Crippen molar-refractivity contribution in [1.29, 1.82) is 0 Å². The third-order valence-electron chi connectivity index (χ3n) is 3.53. The third-order valence-corrected chi connectivity index (χ3v) is 3.53. The number of aliphatic imine (C=N–C) groups is 1. The molecule has 3 N–H and O–H groups in total. The summed E-state index contributed by atoms with van der Waals surface area (Å²) < 4.78 is 10.9. The lowest BCUT2D eigenvalue weighted by atomic mass is 10.3. The Hall–Kier alpha value is -2.81. The molecule has 0 spiro atoms. The van der Waals surface area contributed by atoms with Crippen LogP contribution in [0.3, 0.4) is 0 Å². The predicted molar refractivity (Wildman–Crippen MR) is 118 cm³/mol. The highest BCUT2D eigenvalue weighted by atomic mass is 127. The van der Waals surface area contributed by atoms with Crippen molar-refractivity contribution in [2.24, 2.45) is 10.7 Å². The van der Waals surface area contributed by atoms with Crippen LogP contribution in [0.15, 0.2) is 77.9 Å². The first kappa shape index (κ1) is 20.5. The van der Waals surface area contributed by atoms with Crippen LogP contribution in [0, 0.1) is 0 Å². The summed E-state index contributed by atoms with van der Waals surface area (Å²) in [5.41, 5.74) is 7.74. The number of nitrogens with two attached hydrogens (primary N) is 1. The van der Waals surface area contributed by atoms with Crippen LogP contribution in [-0.4, -0.2) is 18.1 Å². The summed E-state index contributed by atoms with van der Waals surface area (Å²) in [6.45, 7) is 0.428. The number of ether oxygens (including phenoxy) is 2. The zero-order chi connectivity index (χ0) is 18.2. The van der Waals surface area contributed by atoms with Crippen LogP contribution in [0.5, 0.6) is 17.4 Å². The molecule has 0 aliphatic rings. The van der Waals surface area contributed by atoms with Crippen LogP contribution >= 0.6 is 24.0 Å². The van der Waals surface area contributed by atoms with Crippen molar-refractivity contribution in [3.63, 3.8) is 0 Å². The highest BCUT2D eigenvalue weighted by molar-refractivity contribution is 14.0. The van der Waals surface area contributed by atoms with Gasteiger partial charge in [0.2, 0.25) is 5.88 Å². The van der Waals surface area contributed by atoms with E-state index in [9.17, 15) is 0 Å². The second kappa shape index (κ2) is 10.4. The summed E-state index contributed by atoms with van der Waals surface area (Å²) >= 11 is 0. The molecule has 0 saturated carbocycles. The Morgan fingerprint density at radius 3 is 2.59 bits per heavy atom. The minimum atomic E-state index is 0. The summed E-state index contributed by atoms with van der Waals surface area (Å²) in [6, 6.07) is 20.8. The number of hydrogen-bond donors (Lipinski definition) is 2. The third kappa shape index (κ3) is 6.45. The molecule has 1 aromatic heterocycles. The molecule has 0 radical (unpaired) electrons. The fraction of sp³-hybridized carbons (Fsp3) is 0.100. The smallest absolute Gasteiger partial charge is 0.213 e. The highest BCUT2D eigenvalue weighted by Gasteiger charge is 2.01. The summed E-state index contributed by atoms with van der Waals surface area (Å²) in [5, 5.41) is 3.07. The average Bonchev–Trinajstić information content (AvgIpc) is 2.68. The van der Waals surface area contributed by atoms with E-state index < -0.39 is 0 Å². The van der Waals surface area contributed by atoms with Crippen LogP contribution in [-0.2, 0) is 6.54 Å². The molecule has 0 unspecified atom stereocenters. The van der Waals surface area contributed by atoms with Gasteiger partial charge in [0, 0.05) is 24.0 Å². The number of guanidine groups is 1. The topological polar surface area (TPSA) is 81.8 Å². The molecule has 0 atom stereocenters. The molecule has 0 aliphatic carbocycles. The fourth-order valence-electron chi connectivity index (χ4n) is 2.29. The lowest BCUT2D eigenvalue weighted by molar-refractivity contribution is 0.397. The molecule has 0 aliphatic heterocycles. The van der Waals surface area contributed by atoms with E-state index >= 15 is 0 Å². The number of para-hydroxylation sites is 1. The Morgan fingerprint density at radius 2 is 1.81 bits per heavy atom. The van der Waals surface area contributed by atoms with Crippen molar-refractivity contribution in [1.82, 2.24) is 4.98 Å². The zero-order valence-corrected chi connectivity index (χ0v) is 17.2. The van der Waals surface area contributed by atoms with E-state index in [1.54, 1.807) is 13.3 Å². The second-order valence-corrected chi connectivity index (χ2v) is 5.48. The number of halogens is 1. The number of hydrogen-bond acceptors (Lipinski definition) is 4. The van der Waals surface area contributed by atoms with Crippen molar-refractivity contribution < 1.29 is 9.47 Å². The number of anilines is 1. The number of aromatic nitrogens is 1. The maximum Gasteiger partial charge on any atom is 0.213 e. The molecular weight excluding hydrogens is 455 g/mol. The summed E-state index contributed by atoms with van der Waals surface area (Å²) in [7, 11) is 1.58. The molecule has 2 aromatic carbocycles. The molecule has 6 nitrogen and oxygen atoms in total. The standard InChI is InChI=1S/C20H20N4O2.HI/c1-25-19-12-15(10-11-22-19)14-23-20(21)24-16-6-5-9-18(13-16)26-17-7-3-2-4-8-17;/h2-13H,14H2,1H3,(H3,21,23,24);1H. The Labute approximate surface area is 175 Å². The van der Waals surface area contributed by atoms with Gasteiger partial charge in [-0.1, -0.05) is 24.3 Å². The van der Waals surface area contributed by atoms with Crippen molar-refractivity contribution in [3.8, 4) is 17.4 Å². The number of benzene rings is 2. The van der Waals surface area contributed by atoms with Gasteiger partial charge in [0.15, 0.2) is 5.96 Å². The van der Waals surface area contributed by atoms with E-state index in [-0.39, 0.29) is 24.0 Å². The van der Waals surface area contributed by atoms with Crippen molar-refractivity contribution in [3.05, 3.63) is 78.5 Å². The van der Waals surface area contributed by atoms with Crippen LogP contribution in [0.4, 0.5) is 5.69 Å². The van der Waals surface area contributed by atoms with Gasteiger partial charge in [0.05, 0.1) is 13.7 Å². The number of rotatable bonds is 6. The quantitative estimate of drug-likeness (QED) is 0.313. The van der Waals surface area contributed by atoms with Crippen LogP contribution in [0.2, 0.25) is 0 Å². The van der Waals surface area contributed by atoms with Gasteiger partial charge in [-0.15, -0.1) is 24.0 Å². The number of methoxy groups -OCH3 is 1. The molecule has 27 heavy (non-hydrogen) atoms. The Bertz CT molecular complexity index is 888. The Balaban J connectivity index is 0.00000261. The van der Waals surface area contributed by atoms with Crippen molar-refractivity contribution >= 4 is 35.6 Å². The summed E-state index contributed by atoms with van der Waals surface area (Å²) in [4.78, 5) is 8.40. The molecule has 1 heterocycles. The SMILES string of the molecule is COc1cc(CN=C(N)Nc2cccc(Oc3ccccc3)c2)ccn1.I. The van der Waals surface area contributed by atoms with E-state index in [1.165, 1.54) is 0 Å². The van der Waals surface area contributed by atoms with Gasteiger partial charge in [-0.05, 0) is 35.9 Å². The van der Waals surface area contributed by atoms with Crippen LogP contribution < -0.4 is 20.5 Å². The monoisotopic (exact) mass is 476 g/mol. The minimum Gasteiger partial charge on any atom is -0.481 e. The van der Waals surface area contributed by atoms with Gasteiger partial charge in [-0.3, -0.25) is 0 Å². The van der Waals surface area contributed by atoms with Gasteiger partial charge < -0.3 is 20.5 Å². The van der Waals surface area contributed by atoms with Crippen molar-refractivity contribution in [2.75, 3.05) is 12.4 Å². The lowest BCUT2D eigenvalue weighted by Crippen LogP contribution is -2.22. The molecular formula is C20H21IN4O2. The fourth-order valence-corrected chi connectivity index (χ4v) is 2.29. The molecule has 140 valence electrons. The molecule has 0 fully saturated rings. The highest BCUT2D eigenvalue weighted by Crippen LogP contribution is 2.23. The minimum absolute atomic E-state index is 0. The second-order valence-electron chi connectivity index (χ2n) is 5.48. The van der Waals surface area contributed by atoms with E-state index in [0.29, 0.717) is 24.1 Å². The molecule has 0 saturated heterocycles. The number of nitrogens with zero attached hydrogens (tertiary/aromatic N) is 2. The first-order valence-electron chi connectivity index (χ1n) is 8.12. The Kier molecular flexibility index (Phi) is 7.87. The van der Waals surface area contributed by atoms with E-state index in [1.807, 2.05) is 66.7 Å². The first-order chi connectivity index (χ1) is 12.7. The van der Waals surface area contributed by atoms with Gasteiger partial charge >= 0.3 is 0 Å². The van der Waals surface area contributed by atoms with Gasteiger partial charge in [-0.2, -0.15) is 0 Å². The number of pyridine rings is 1. The lowest BCUT2D eigenvalue weighted by Gasteiger charge is -2.09. The maximum absolute atomic E-state index is 5.98. The van der Waals surface area contributed by atoms with Gasteiger partial charge in [0.1, 0.15) is 11.5 Å². The van der Waals surface area contributed by atoms with E-state index in [0.717, 1.165) is 17.0 Å². The molecule has 0 amide bonds. The van der Waals surface area contributed by atoms with E-state index in [4.69, 9.17) is 15.2 Å². The van der Waals surface area contributed by atoms with E-state index in [2.05, 4.69) is 15.3 Å². The normalized spacial score (nSPS) is 10.6. The summed E-state index contributed by atoms with van der Waals surface area (Å²) in [6.07, 6.45) is 1.68. The Morgan fingerprint density at radius 1 is 1.04 bits per heavy atom. The number of nitrogens with one attached hydrogen (secondary N) is 1. The molecule has 3 aromatic rings. The zero-order valence-electron chi connectivity index (χ0n) is 14.8. The molecule has 0 bridgehead atoms. The van der Waals surface area contributed by atoms with Crippen molar-refractivity contribution in [2.45, 2.75) is 6.54 Å².